The first kappa shape index (κ1) is 29.2. The predicted octanol–water partition coefficient (Wildman–Crippen LogP) is 3.73. The minimum atomic E-state index is -2.43. The maximum absolute atomic E-state index is 13.5. The highest BCUT2D eigenvalue weighted by Crippen LogP contribution is 2.28. The lowest BCUT2D eigenvalue weighted by atomic mass is 9.91. The first-order valence-electron chi connectivity index (χ1n) is 15.0. The summed E-state index contributed by atoms with van der Waals surface area (Å²) in [4.78, 5) is 19.2. The SMILES string of the molecule is C/C1=C(CCCCN(CC[C@@H]2N\C3=c4/cnn(C)/c4=N/C=C(/CC3)OC2=O)CC(F)F)\C=C/C2=C(CC1)NCCC2. The summed E-state index contributed by atoms with van der Waals surface area (Å²) in [5, 5.41) is 12.1. The Hall–Kier alpha value is -3.27. The van der Waals surface area contributed by atoms with Crippen molar-refractivity contribution in [3.63, 3.8) is 0 Å². The monoisotopic (exact) mass is 568 g/mol. The van der Waals surface area contributed by atoms with Gasteiger partial charge in [0.2, 0.25) is 0 Å². The molecule has 222 valence electrons. The van der Waals surface area contributed by atoms with E-state index in [0.717, 1.165) is 56.0 Å². The van der Waals surface area contributed by atoms with Crippen LogP contribution in [-0.2, 0) is 16.6 Å². The molecule has 8 nitrogen and oxygen atoms in total. The highest BCUT2D eigenvalue weighted by atomic mass is 19.3. The molecule has 0 spiro atoms. The number of esters is 1. The largest absolute Gasteiger partial charge is 0.428 e. The molecular weight excluding hydrogens is 526 g/mol. The Balaban J connectivity index is 1.19. The van der Waals surface area contributed by atoms with Gasteiger partial charge in [0.05, 0.1) is 24.2 Å². The van der Waals surface area contributed by atoms with Crippen molar-refractivity contribution in [1.82, 2.24) is 25.3 Å². The third-order valence-corrected chi connectivity index (χ3v) is 8.48. The lowest BCUT2D eigenvalue weighted by molar-refractivity contribution is -0.142. The molecule has 1 aromatic rings. The summed E-state index contributed by atoms with van der Waals surface area (Å²) in [7, 11) is 1.82. The molecule has 0 unspecified atom stereocenters. The summed E-state index contributed by atoms with van der Waals surface area (Å²) in [6.45, 7) is 3.91. The number of aryl methyl sites for hydroxylation is 1. The molecule has 4 aliphatic rings. The van der Waals surface area contributed by atoms with Gasteiger partial charge in [-0.2, -0.15) is 5.10 Å². The lowest BCUT2D eigenvalue weighted by Crippen LogP contribution is -2.45. The smallest absolute Gasteiger partial charge is 0.333 e. The topological polar surface area (TPSA) is 83.8 Å². The summed E-state index contributed by atoms with van der Waals surface area (Å²) in [5.74, 6) is 0.105. The number of halogens is 2. The molecule has 2 bridgehead atoms. The van der Waals surface area contributed by atoms with Gasteiger partial charge >= 0.3 is 5.97 Å². The Morgan fingerprint density at radius 3 is 2.83 bits per heavy atom. The molecule has 1 atom stereocenters. The number of nitrogens with one attached hydrogen (secondary N) is 2. The molecule has 2 N–H and O–H groups in total. The molecule has 0 radical (unpaired) electrons. The maximum Gasteiger partial charge on any atom is 0.333 e. The Kier molecular flexibility index (Phi) is 9.69. The number of nitrogens with zero attached hydrogens (tertiary/aromatic N) is 4. The molecule has 41 heavy (non-hydrogen) atoms. The van der Waals surface area contributed by atoms with Gasteiger partial charge in [-0.3, -0.25) is 9.58 Å². The standard InChI is InChI=1S/C31H42F2N6O2/c1-21-8-12-26-23(7-5-15-34-26)10-9-22(21)6-3-4-16-39(20-29(32)33)17-14-28-31(40)41-24-11-13-27(37-28)25-19-36-38(2)30(25)35-18-24/h9-10,18-19,28-29,34,37H,3-8,11-17,20H2,1-2H3/b10-9-,22-21+,24-18-,27-25+,35-30+/t28-/m0/s1. The van der Waals surface area contributed by atoms with Gasteiger partial charge < -0.3 is 15.4 Å². The van der Waals surface area contributed by atoms with E-state index in [4.69, 9.17) is 4.74 Å². The summed E-state index contributed by atoms with van der Waals surface area (Å²) in [6.07, 6.45) is 14.1. The first-order chi connectivity index (χ1) is 19.9. The van der Waals surface area contributed by atoms with Crippen LogP contribution in [0, 0.1) is 0 Å². The van der Waals surface area contributed by atoms with Crippen LogP contribution in [0.4, 0.5) is 8.78 Å². The predicted molar refractivity (Wildman–Crippen MR) is 154 cm³/mol. The van der Waals surface area contributed by atoms with Crippen molar-refractivity contribution < 1.29 is 18.3 Å². The van der Waals surface area contributed by atoms with Crippen LogP contribution in [0.25, 0.3) is 5.70 Å². The maximum atomic E-state index is 13.5. The number of hydrogen-bond acceptors (Lipinski definition) is 7. The quantitative estimate of drug-likeness (QED) is 0.331. The number of fused-ring (bicyclic) bond motifs is 4. The fourth-order valence-electron chi connectivity index (χ4n) is 6.05. The molecule has 0 amide bonds. The van der Waals surface area contributed by atoms with Gasteiger partial charge in [-0.05, 0) is 82.4 Å². The van der Waals surface area contributed by atoms with Crippen LogP contribution in [0.3, 0.4) is 0 Å². The van der Waals surface area contributed by atoms with Crippen LogP contribution < -0.4 is 21.3 Å². The van der Waals surface area contributed by atoms with Crippen molar-refractivity contribution in [3.8, 4) is 0 Å². The molecular formula is C31H42F2N6O2. The first-order valence-corrected chi connectivity index (χ1v) is 15.0. The number of hydrogen-bond donors (Lipinski definition) is 2. The average molecular weight is 569 g/mol. The average Bonchev–Trinajstić information content (AvgIpc) is 3.29. The highest BCUT2D eigenvalue weighted by Gasteiger charge is 2.27. The van der Waals surface area contributed by atoms with Crippen LogP contribution in [-0.4, -0.2) is 59.3 Å². The number of ether oxygens (including phenoxy) is 1. The van der Waals surface area contributed by atoms with Crippen LogP contribution in [0.2, 0.25) is 0 Å². The van der Waals surface area contributed by atoms with E-state index in [9.17, 15) is 13.6 Å². The summed E-state index contributed by atoms with van der Waals surface area (Å²) in [6, 6.07) is -0.638. The van der Waals surface area contributed by atoms with Crippen molar-refractivity contribution in [3.05, 3.63) is 63.4 Å². The van der Waals surface area contributed by atoms with Gasteiger partial charge in [0.1, 0.15) is 11.8 Å². The van der Waals surface area contributed by atoms with E-state index in [2.05, 4.69) is 39.8 Å². The third kappa shape index (κ3) is 7.52. The van der Waals surface area contributed by atoms with Crippen LogP contribution >= 0.6 is 0 Å². The number of rotatable bonds is 10. The van der Waals surface area contributed by atoms with E-state index in [1.54, 1.807) is 22.0 Å². The molecule has 1 aromatic heterocycles. The van der Waals surface area contributed by atoms with Gasteiger partial charge in [0.25, 0.3) is 6.43 Å². The zero-order valence-corrected chi connectivity index (χ0v) is 24.2. The van der Waals surface area contributed by atoms with Gasteiger partial charge in [0, 0.05) is 38.0 Å². The van der Waals surface area contributed by atoms with Crippen LogP contribution in [0.1, 0.15) is 71.1 Å². The summed E-state index contributed by atoms with van der Waals surface area (Å²) in [5.41, 5.74) is 7.18. The number of allylic oxidation sites excluding steroid dienone is 7. The number of carbonyl (C=O) groups excluding carboxylic acids is 1. The second-order valence-corrected chi connectivity index (χ2v) is 11.4. The minimum absolute atomic E-state index is 0.305. The third-order valence-electron chi connectivity index (χ3n) is 8.48. The van der Waals surface area contributed by atoms with Crippen molar-refractivity contribution in [2.45, 2.75) is 83.6 Å². The van der Waals surface area contributed by atoms with Crippen LogP contribution in [0.5, 0.6) is 0 Å². The number of alkyl halides is 2. The molecule has 0 aromatic carbocycles. The highest BCUT2D eigenvalue weighted by molar-refractivity contribution is 5.78. The van der Waals surface area contributed by atoms with Gasteiger partial charge in [-0.25, -0.2) is 18.6 Å². The van der Waals surface area contributed by atoms with E-state index in [-0.39, 0.29) is 6.54 Å². The minimum Gasteiger partial charge on any atom is -0.428 e. The van der Waals surface area contributed by atoms with E-state index >= 15 is 0 Å². The molecule has 1 fully saturated rings. The second kappa shape index (κ2) is 13.6. The van der Waals surface area contributed by atoms with Crippen molar-refractivity contribution in [2.24, 2.45) is 12.0 Å². The molecule has 0 saturated carbocycles. The zero-order chi connectivity index (χ0) is 28.8. The zero-order valence-electron chi connectivity index (χ0n) is 24.2. The van der Waals surface area contributed by atoms with Gasteiger partial charge in [0.15, 0.2) is 5.49 Å². The fraction of sp³-hybridized carbons (Fsp3) is 0.581. The molecule has 1 aliphatic carbocycles. The number of carbonyl (C=O) groups is 1. The second-order valence-electron chi connectivity index (χ2n) is 11.4. The normalized spacial score (nSPS) is 27.0. The van der Waals surface area contributed by atoms with Crippen molar-refractivity contribution in [2.75, 3.05) is 26.2 Å². The Labute approximate surface area is 240 Å². The molecule has 4 heterocycles. The number of unbranched alkanes of at least 4 members (excludes halogenated alkanes) is 1. The summed E-state index contributed by atoms with van der Waals surface area (Å²) < 4.78 is 34.3. The Morgan fingerprint density at radius 2 is 1.98 bits per heavy atom. The van der Waals surface area contributed by atoms with E-state index < -0.39 is 18.4 Å². The van der Waals surface area contributed by atoms with E-state index in [0.29, 0.717) is 43.6 Å². The lowest BCUT2D eigenvalue weighted by Gasteiger charge is -2.28. The van der Waals surface area contributed by atoms with Gasteiger partial charge in [-0.15, -0.1) is 0 Å². The Morgan fingerprint density at radius 1 is 1.12 bits per heavy atom. The summed E-state index contributed by atoms with van der Waals surface area (Å²) >= 11 is 0. The van der Waals surface area contributed by atoms with Crippen molar-refractivity contribution in [1.29, 1.82) is 0 Å². The van der Waals surface area contributed by atoms with Crippen LogP contribution in [0.15, 0.2) is 57.7 Å². The van der Waals surface area contributed by atoms with E-state index in [1.807, 2.05) is 7.05 Å². The fourth-order valence-corrected chi connectivity index (χ4v) is 6.05. The molecule has 10 heteroatoms. The number of aromatic nitrogens is 2. The van der Waals surface area contributed by atoms with E-state index in [1.165, 1.54) is 28.8 Å². The van der Waals surface area contributed by atoms with Crippen molar-refractivity contribution >= 4 is 11.7 Å². The Bertz CT molecular complexity index is 1370. The molecule has 1 saturated heterocycles. The molecule has 3 aliphatic heterocycles. The van der Waals surface area contributed by atoms with Gasteiger partial charge in [-0.1, -0.05) is 17.7 Å². The molecule has 5 rings (SSSR count).